The molecule has 3 rings (SSSR count). The molecule has 0 aliphatic rings. The topological polar surface area (TPSA) is 147 Å². The largest absolute Gasteiger partial charge is 0.496 e. The van der Waals surface area contributed by atoms with E-state index in [1.54, 1.807) is 18.2 Å². The minimum Gasteiger partial charge on any atom is -0.496 e. The van der Waals surface area contributed by atoms with Gasteiger partial charge in [-0.3, -0.25) is 10.1 Å². The molecular formula is C13H11N7O4. The number of hydrogen-bond acceptors (Lipinski definition) is 9. The third kappa shape index (κ3) is 2.90. The van der Waals surface area contributed by atoms with Crippen LogP contribution in [0.3, 0.4) is 0 Å². The Labute approximate surface area is 134 Å². The molecule has 122 valence electrons. The quantitative estimate of drug-likeness (QED) is 0.418. The smallest absolute Gasteiger partial charge is 0.273 e. The summed E-state index contributed by atoms with van der Waals surface area (Å²) >= 11 is 0. The summed E-state index contributed by atoms with van der Waals surface area (Å²) < 4.78 is 10.8. The Balaban J connectivity index is 1.89. The highest BCUT2D eigenvalue weighted by molar-refractivity contribution is 5.78. The van der Waals surface area contributed by atoms with Crippen molar-refractivity contribution in [2.75, 3.05) is 12.8 Å². The Kier molecular flexibility index (Phi) is 3.89. The number of nitro benzene ring substituents is 1. The predicted octanol–water partition coefficient (Wildman–Crippen LogP) is 1.31. The van der Waals surface area contributed by atoms with Crippen molar-refractivity contribution in [3.8, 4) is 17.1 Å². The van der Waals surface area contributed by atoms with Gasteiger partial charge in [0.15, 0.2) is 0 Å². The summed E-state index contributed by atoms with van der Waals surface area (Å²) in [5.41, 5.74) is 5.99. The van der Waals surface area contributed by atoms with E-state index >= 15 is 0 Å². The Morgan fingerprint density at radius 3 is 2.92 bits per heavy atom. The van der Waals surface area contributed by atoms with Crippen LogP contribution >= 0.6 is 0 Å². The number of nitrogens with zero attached hydrogens (tertiary/aromatic N) is 6. The molecular weight excluding hydrogens is 318 g/mol. The van der Waals surface area contributed by atoms with E-state index in [-0.39, 0.29) is 11.6 Å². The Morgan fingerprint density at radius 1 is 1.42 bits per heavy atom. The van der Waals surface area contributed by atoms with Crippen LogP contribution in [0, 0.1) is 10.1 Å². The van der Waals surface area contributed by atoms with Crippen molar-refractivity contribution in [2.45, 2.75) is 0 Å². The van der Waals surface area contributed by atoms with Crippen LogP contribution in [0.2, 0.25) is 0 Å². The van der Waals surface area contributed by atoms with Gasteiger partial charge in [0.25, 0.3) is 11.6 Å². The van der Waals surface area contributed by atoms with E-state index in [9.17, 15) is 10.1 Å². The van der Waals surface area contributed by atoms with Crippen molar-refractivity contribution in [1.82, 2.24) is 20.3 Å². The Morgan fingerprint density at radius 2 is 2.25 bits per heavy atom. The summed E-state index contributed by atoms with van der Waals surface area (Å²) in [6.07, 6.45) is 1.38. The standard InChI is InChI=1S/C13H11N7O4/c1-23-12-6-8(20(21)22)2-4-10(12)11-5-3-9(24-11)7-15-19-13(14)16-17-18-19/h2-7H,1H3,(H2,14,16,18). The van der Waals surface area contributed by atoms with Crippen LogP contribution in [-0.4, -0.2) is 38.6 Å². The van der Waals surface area contributed by atoms with Gasteiger partial charge in [0.05, 0.1) is 29.9 Å². The van der Waals surface area contributed by atoms with Crippen molar-refractivity contribution < 1.29 is 14.1 Å². The molecule has 3 aromatic rings. The average molecular weight is 329 g/mol. The summed E-state index contributed by atoms with van der Waals surface area (Å²) in [6.45, 7) is 0. The van der Waals surface area contributed by atoms with Crippen LogP contribution in [0.1, 0.15) is 5.76 Å². The molecule has 0 fully saturated rings. The van der Waals surface area contributed by atoms with E-state index in [0.29, 0.717) is 22.8 Å². The van der Waals surface area contributed by atoms with Gasteiger partial charge in [0, 0.05) is 6.07 Å². The number of nitro groups is 1. The summed E-state index contributed by atoms with van der Waals surface area (Å²) in [6, 6.07) is 7.60. The minimum atomic E-state index is -0.497. The number of methoxy groups -OCH3 is 1. The maximum Gasteiger partial charge on any atom is 0.273 e. The minimum absolute atomic E-state index is 0.0371. The van der Waals surface area contributed by atoms with Gasteiger partial charge in [-0.2, -0.15) is 5.10 Å². The Hall–Kier alpha value is -3.76. The molecule has 0 aliphatic heterocycles. The molecule has 2 N–H and O–H groups in total. The van der Waals surface area contributed by atoms with Gasteiger partial charge < -0.3 is 14.9 Å². The second kappa shape index (κ2) is 6.16. The van der Waals surface area contributed by atoms with E-state index in [4.69, 9.17) is 14.9 Å². The second-order valence-corrected chi connectivity index (χ2v) is 4.51. The monoisotopic (exact) mass is 329 g/mol. The number of aromatic nitrogens is 4. The molecule has 0 atom stereocenters. The van der Waals surface area contributed by atoms with Crippen LogP contribution in [0.25, 0.3) is 11.3 Å². The summed E-state index contributed by atoms with van der Waals surface area (Å²) in [4.78, 5) is 11.4. The van der Waals surface area contributed by atoms with Crippen molar-refractivity contribution in [3.05, 3.63) is 46.2 Å². The SMILES string of the molecule is COc1cc([N+](=O)[O-])ccc1-c1ccc(C=Nn2nnnc2N)o1. The normalized spacial score (nSPS) is 11.0. The Bertz CT molecular complexity index is 915. The molecule has 2 heterocycles. The number of tetrazole rings is 1. The molecule has 0 bridgehead atoms. The zero-order valence-corrected chi connectivity index (χ0v) is 12.4. The first-order valence-electron chi connectivity index (χ1n) is 6.59. The fourth-order valence-electron chi connectivity index (χ4n) is 1.95. The number of furan rings is 1. The lowest BCUT2D eigenvalue weighted by Gasteiger charge is -2.05. The van der Waals surface area contributed by atoms with E-state index in [1.807, 2.05) is 0 Å². The number of anilines is 1. The number of benzene rings is 1. The van der Waals surface area contributed by atoms with Crippen molar-refractivity contribution in [3.63, 3.8) is 0 Å². The molecule has 0 unspecified atom stereocenters. The first kappa shape index (κ1) is 15.1. The number of non-ortho nitro benzene ring substituents is 1. The molecule has 0 saturated carbocycles. The van der Waals surface area contributed by atoms with Crippen molar-refractivity contribution >= 4 is 17.9 Å². The third-order valence-electron chi connectivity index (χ3n) is 3.06. The second-order valence-electron chi connectivity index (χ2n) is 4.51. The van der Waals surface area contributed by atoms with Gasteiger partial charge in [-0.25, -0.2) is 0 Å². The molecule has 0 saturated heterocycles. The highest BCUT2D eigenvalue weighted by atomic mass is 16.6. The van der Waals surface area contributed by atoms with Gasteiger partial charge >= 0.3 is 0 Å². The summed E-state index contributed by atoms with van der Waals surface area (Å²) in [5.74, 6) is 1.25. The molecule has 1 aromatic carbocycles. The summed E-state index contributed by atoms with van der Waals surface area (Å²) in [5, 5.41) is 25.2. The number of rotatable bonds is 5. The van der Waals surface area contributed by atoms with E-state index in [2.05, 4.69) is 20.6 Å². The lowest BCUT2D eigenvalue weighted by Crippen LogP contribution is -1.99. The zero-order valence-electron chi connectivity index (χ0n) is 12.4. The maximum absolute atomic E-state index is 10.8. The highest BCUT2D eigenvalue weighted by Crippen LogP contribution is 2.33. The van der Waals surface area contributed by atoms with Crippen LogP contribution in [-0.2, 0) is 0 Å². The number of nitrogen functional groups attached to an aromatic ring is 1. The summed E-state index contributed by atoms with van der Waals surface area (Å²) in [7, 11) is 1.42. The van der Waals surface area contributed by atoms with Gasteiger partial charge in [0.1, 0.15) is 17.3 Å². The van der Waals surface area contributed by atoms with Crippen LogP contribution < -0.4 is 10.5 Å². The maximum atomic E-state index is 10.8. The first-order chi connectivity index (χ1) is 11.6. The molecule has 2 aromatic heterocycles. The van der Waals surface area contributed by atoms with Gasteiger partial charge in [-0.1, -0.05) is 9.89 Å². The lowest BCUT2D eigenvalue weighted by atomic mass is 10.1. The molecule has 11 heteroatoms. The molecule has 11 nitrogen and oxygen atoms in total. The fourth-order valence-corrected chi connectivity index (χ4v) is 1.95. The molecule has 0 spiro atoms. The number of hydrogen-bond donors (Lipinski definition) is 1. The third-order valence-corrected chi connectivity index (χ3v) is 3.06. The first-order valence-corrected chi connectivity index (χ1v) is 6.59. The van der Waals surface area contributed by atoms with Crippen LogP contribution in [0.5, 0.6) is 5.75 Å². The number of nitrogens with two attached hydrogens (primary N) is 1. The van der Waals surface area contributed by atoms with E-state index in [0.717, 1.165) is 4.79 Å². The van der Waals surface area contributed by atoms with E-state index in [1.165, 1.54) is 25.5 Å². The van der Waals surface area contributed by atoms with Crippen LogP contribution in [0.15, 0.2) is 39.9 Å². The predicted molar refractivity (Wildman–Crippen MR) is 82.6 cm³/mol. The molecule has 24 heavy (non-hydrogen) atoms. The molecule has 0 aliphatic carbocycles. The molecule has 0 amide bonds. The van der Waals surface area contributed by atoms with Crippen LogP contribution in [0.4, 0.5) is 11.6 Å². The van der Waals surface area contributed by atoms with Gasteiger partial charge in [0.2, 0.25) is 0 Å². The van der Waals surface area contributed by atoms with Crippen molar-refractivity contribution in [1.29, 1.82) is 0 Å². The van der Waals surface area contributed by atoms with Crippen molar-refractivity contribution in [2.24, 2.45) is 5.10 Å². The van der Waals surface area contributed by atoms with Gasteiger partial charge in [-0.15, -0.1) is 0 Å². The number of ether oxygens (including phenoxy) is 1. The zero-order chi connectivity index (χ0) is 17.1. The highest BCUT2D eigenvalue weighted by Gasteiger charge is 2.15. The average Bonchev–Trinajstić information content (AvgIpc) is 3.21. The van der Waals surface area contributed by atoms with E-state index < -0.39 is 4.92 Å². The fraction of sp³-hybridized carbons (Fsp3) is 0.0769. The molecule has 0 radical (unpaired) electrons. The van der Waals surface area contributed by atoms with Gasteiger partial charge in [-0.05, 0) is 28.6 Å². The lowest BCUT2D eigenvalue weighted by molar-refractivity contribution is -0.384.